The van der Waals surface area contributed by atoms with Gasteiger partial charge in [0.1, 0.15) is 0 Å². The van der Waals surface area contributed by atoms with Gasteiger partial charge in [0.05, 0.1) is 17.1 Å². The molecule has 1 aliphatic carbocycles. The van der Waals surface area contributed by atoms with Crippen LogP contribution in [-0.2, 0) is 4.79 Å². The van der Waals surface area contributed by atoms with Gasteiger partial charge in [-0.1, -0.05) is 0 Å². The Labute approximate surface area is 97.3 Å². The van der Waals surface area contributed by atoms with Crippen LogP contribution in [0.4, 0.5) is 0 Å². The molecule has 60 valence electrons. The summed E-state index contributed by atoms with van der Waals surface area (Å²) >= 11 is 1.58. The maximum Gasteiger partial charge on any atom is 1.00 e. The molecule has 3 nitrogen and oxygen atoms in total. The summed E-state index contributed by atoms with van der Waals surface area (Å²) in [6.07, 6.45) is 2.37. The zero-order chi connectivity index (χ0) is 7.84. The molecule has 0 aromatic heterocycles. The van der Waals surface area contributed by atoms with Gasteiger partial charge in [-0.15, -0.1) is 11.8 Å². The van der Waals surface area contributed by atoms with Crippen LogP contribution in [0.15, 0.2) is 4.99 Å². The fourth-order valence-corrected chi connectivity index (χ4v) is 2.28. The molecule has 0 aromatic rings. The van der Waals surface area contributed by atoms with Gasteiger partial charge in [0.2, 0.25) is 0 Å². The molecule has 0 spiro atoms. The Morgan fingerprint density at radius 2 is 2.25 bits per heavy atom. The quantitative estimate of drug-likeness (QED) is 0.431. The van der Waals surface area contributed by atoms with Gasteiger partial charge in [0.15, 0.2) is 0 Å². The second kappa shape index (κ2) is 4.13. The minimum atomic E-state index is -1.03. The third-order valence-corrected chi connectivity index (χ3v) is 3.09. The van der Waals surface area contributed by atoms with Gasteiger partial charge in [0, 0.05) is 11.7 Å². The second-order valence-corrected chi connectivity index (χ2v) is 3.93. The number of rotatable bonds is 2. The van der Waals surface area contributed by atoms with Gasteiger partial charge in [-0.05, 0) is 12.8 Å². The molecular formula is C7H8NNaO2S. The summed E-state index contributed by atoms with van der Waals surface area (Å²) < 4.78 is 0. The van der Waals surface area contributed by atoms with Crippen LogP contribution in [0.5, 0.6) is 0 Å². The molecule has 1 saturated carbocycles. The maximum absolute atomic E-state index is 10.4. The number of aliphatic imine (C=N–C) groups is 1. The molecule has 0 amide bonds. The van der Waals surface area contributed by atoms with E-state index < -0.39 is 12.0 Å². The third kappa shape index (κ3) is 2.25. The maximum atomic E-state index is 10.4. The summed E-state index contributed by atoms with van der Waals surface area (Å²) in [5.74, 6) is 0.131. The van der Waals surface area contributed by atoms with Crippen molar-refractivity contribution in [1.82, 2.24) is 0 Å². The Hall–Kier alpha value is 0.490. The number of nitrogens with zero attached hydrogens (tertiary/aromatic N) is 1. The number of carbonyl (C=O) groups excluding carboxylic acids is 1. The smallest absolute Gasteiger partial charge is 0.548 e. The van der Waals surface area contributed by atoms with Crippen LogP contribution < -0.4 is 34.7 Å². The van der Waals surface area contributed by atoms with Gasteiger partial charge in [-0.2, -0.15) is 0 Å². The SMILES string of the molecule is O=C([O-])C1CSC(C2CC2)=N1.[Na+]. The topological polar surface area (TPSA) is 52.5 Å². The zero-order valence-electron chi connectivity index (χ0n) is 6.95. The van der Waals surface area contributed by atoms with E-state index in [-0.39, 0.29) is 29.6 Å². The number of hydrogen-bond acceptors (Lipinski definition) is 4. The number of carboxylic acids is 1. The fraction of sp³-hybridized carbons (Fsp3) is 0.714. The summed E-state index contributed by atoms with van der Waals surface area (Å²) in [5.41, 5.74) is 0. The molecule has 0 radical (unpaired) electrons. The van der Waals surface area contributed by atoms with Crippen LogP contribution in [0.2, 0.25) is 0 Å². The number of carbonyl (C=O) groups is 1. The van der Waals surface area contributed by atoms with Crippen LogP contribution >= 0.6 is 11.8 Å². The van der Waals surface area contributed by atoms with Crippen LogP contribution in [0.25, 0.3) is 0 Å². The Bertz CT molecular complexity index is 227. The van der Waals surface area contributed by atoms with Crippen molar-refractivity contribution in [3.05, 3.63) is 0 Å². The van der Waals surface area contributed by atoms with Crippen molar-refractivity contribution in [3.8, 4) is 0 Å². The molecule has 1 atom stereocenters. The molecule has 12 heavy (non-hydrogen) atoms. The Kier molecular flexibility index (Phi) is 3.64. The van der Waals surface area contributed by atoms with E-state index in [1.165, 1.54) is 12.8 Å². The minimum absolute atomic E-state index is 0. The van der Waals surface area contributed by atoms with E-state index in [2.05, 4.69) is 4.99 Å². The molecule has 2 aliphatic rings. The molecule has 0 saturated heterocycles. The fourth-order valence-electron chi connectivity index (χ4n) is 1.07. The van der Waals surface area contributed by atoms with Gasteiger partial charge >= 0.3 is 29.6 Å². The standard InChI is InChI=1S/C7H9NO2S.Na/c9-7(10)5-3-11-6(8-5)4-1-2-4;/h4-5H,1-3H2,(H,9,10);/q;+1/p-1. The van der Waals surface area contributed by atoms with Crippen molar-refractivity contribution in [1.29, 1.82) is 0 Å². The van der Waals surface area contributed by atoms with Gasteiger partial charge in [0.25, 0.3) is 0 Å². The number of aliphatic carboxylic acids is 1. The molecule has 0 N–H and O–H groups in total. The average molecular weight is 193 g/mol. The molecule has 0 aromatic carbocycles. The van der Waals surface area contributed by atoms with E-state index in [1.807, 2.05) is 0 Å². The van der Waals surface area contributed by atoms with Gasteiger partial charge < -0.3 is 9.90 Å². The molecule has 1 heterocycles. The first kappa shape index (κ1) is 10.6. The first-order chi connectivity index (χ1) is 5.27. The van der Waals surface area contributed by atoms with E-state index in [0.29, 0.717) is 11.7 Å². The number of carboxylic acid groups (broad SMARTS) is 1. The van der Waals surface area contributed by atoms with Gasteiger partial charge in [-0.25, -0.2) is 0 Å². The summed E-state index contributed by atoms with van der Waals surface area (Å²) in [7, 11) is 0. The first-order valence-electron chi connectivity index (χ1n) is 3.68. The third-order valence-electron chi connectivity index (χ3n) is 1.87. The zero-order valence-corrected chi connectivity index (χ0v) is 9.76. The summed E-state index contributed by atoms with van der Waals surface area (Å²) in [5, 5.41) is 11.4. The Balaban J connectivity index is 0.000000720. The van der Waals surface area contributed by atoms with Crippen molar-refractivity contribution in [2.45, 2.75) is 18.9 Å². The van der Waals surface area contributed by atoms with Crippen LogP contribution in [0.1, 0.15) is 12.8 Å². The van der Waals surface area contributed by atoms with E-state index >= 15 is 0 Å². The number of hydrogen-bond donors (Lipinski definition) is 0. The molecule has 0 bridgehead atoms. The second-order valence-electron chi connectivity index (χ2n) is 2.89. The summed E-state index contributed by atoms with van der Waals surface area (Å²) in [4.78, 5) is 14.4. The molecule has 1 unspecified atom stereocenters. The van der Waals surface area contributed by atoms with E-state index in [4.69, 9.17) is 0 Å². The Morgan fingerprint density at radius 3 is 2.67 bits per heavy atom. The van der Waals surface area contributed by atoms with Crippen molar-refractivity contribution >= 4 is 22.8 Å². The van der Waals surface area contributed by atoms with E-state index in [9.17, 15) is 9.90 Å². The van der Waals surface area contributed by atoms with Crippen LogP contribution in [-0.4, -0.2) is 22.8 Å². The van der Waals surface area contributed by atoms with Gasteiger partial charge in [-0.3, -0.25) is 4.99 Å². The monoisotopic (exact) mass is 193 g/mol. The molecule has 2 rings (SSSR count). The van der Waals surface area contributed by atoms with E-state index in [0.717, 1.165) is 5.04 Å². The molecule has 1 fully saturated rings. The first-order valence-corrected chi connectivity index (χ1v) is 4.67. The van der Waals surface area contributed by atoms with Crippen molar-refractivity contribution in [3.63, 3.8) is 0 Å². The normalized spacial score (nSPS) is 27.7. The van der Waals surface area contributed by atoms with Crippen molar-refractivity contribution in [2.75, 3.05) is 5.75 Å². The largest absolute Gasteiger partial charge is 1.00 e. The van der Waals surface area contributed by atoms with Crippen LogP contribution in [0, 0.1) is 5.92 Å². The van der Waals surface area contributed by atoms with E-state index in [1.54, 1.807) is 11.8 Å². The molecular weight excluding hydrogens is 185 g/mol. The van der Waals surface area contributed by atoms with Crippen LogP contribution in [0.3, 0.4) is 0 Å². The van der Waals surface area contributed by atoms with Crippen molar-refractivity contribution < 1.29 is 39.5 Å². The summed E-state index contributed by atoms with van der Waals surface area (Å²) in [6.45, 7) is 0. The molecule has 1 aliphatic heterocycles. The predicted octanol–water partition coefficient (Wildman–Crippen LogP) is -3.34. The predicted molar refractivity (Wildman–Crippen MR) is 41.4 cm³/mol. The average Bonchev–Trinajstić information content (AvgIpc) is 2.68. The number of thioether (sulfide) groups is 1. The minimum Gasteiger partial charge on any atom is -0.548 e. The Morgan fingerprint density at radius 1 is 1.58 bits per heavy atom. The molecule has 5 heteroatoms. The van der Waals surface area contributed by atoms with Crippen molar-refractivity contribution in [2.24, 2.45) is 10.9 Å². The summed E-state index contributed by atoms with van der Waals surface area (Å²) in [6, 6.07) is -0.574.